The monoisotopic (exact) mass is 368 g/mol. The molecule has 1 aliphatic rings. The highest BCUT2D eigenvalue weighted by Crippen LogP contribution is 2.40. The summed E-state index contributed by atoms with van der Waals surface area (Å²) in [6.07, 6.45) is 3.60. The normalized spacial score (nSPS) is 17.9. The molecule has 0 aliphatic heterocycles. The van der Waals surface area contributed by atoms with Crippen LogP contribution >= 0.6 is 0 Å². The van der Waals surface area contributed by atoms with Gasteiger partial charge < -0.3 is 15.0 Å². The van der Waals surface area contributed by atoms with Crippen molar-refractivity contribution in [1.82, 2.24) is 15.3 Å². The molecule has 27 heavy (non-hydrogen) atoms. The van der Waals surface area contributed by atoms with Crippen LogP contribution in [0.5, 0.6) is 0 Å². The van der Waals surface area contributed by atoms with Gasteiger partial charge in [0.1, 0.15) is 6.61 Å². The second-order valence-corrected chi connectivity index (χ2v) is 8.01. The summed E-state index contributed by atoms with van der Waals surface area (Å²) in [5.74, 6) is 0.591. The summed E-state index contributed by atoms with van der Waals surface area (Å²) < 4.78 is 4.94. The Morgan fingerprint density at radius 3 is 2.78 bits per heavy atom. The average Bonchev–Trinajstić information content (AvgIpc) is 2.61. The first-order valence-electron chi connectivity index (χ1n) is 9.27. The number of carbonyl (C=O) groups is 1. The van der Waals surface area contributed by atoms with Crippen LogP contribution in [0, 0.1) is 5.41 Å². The molecule has 0 saturated heterocycles. The molecule has 0 fully saturated rings. The number of hydrogen-bond acceptors (Lipinski definition) is 5. The lowest BCUT2D eigenvalue weighted by atomic mass is 9.74. The summed E-state index contributed by atoms with van der Waals surface area (Å²) >= 11 is 0. The number of carbonyl (C=O) groups excluding carboxylic acids is 1. The van der Waals surface area contributed by atoms with Crippen molar-refractivity contribution < 1.29 is 9.53 Å². The fourth-order valence-corrected chi connectivity index (χ4v) is 3.64. The number of hydrogen-bond donors (Lipinski definition) is 1. The summed E-state index contributed by atoms with van der Waals surface area (Å²) in [4.78, 5) is 23.5. The smallest absolute Gasteiger partial charge is 0.246 e. The lowest BCUT2D eigenvalue weighted by Gasteiger charge is -2.36. The van der Waals surface area contributed by atoms with E-state index in [1.54, 1.807) is 0 Å². The van der Waals surface area contributed by atoms with Crippen LogP contribution in [-0.4, -0.2) is 36.6 Å². The largest absolute Gasteiger partial charge is 0.375 e. The Kier molecular flexibility index (Phi) is 5.75. The fourth-order valence-electron chi connectivity index (χ4n) is 3.64. The van der Waals surface area contributed by atoms with Gasteiger partial charge in [-0.3, -0.25) is 4.79 Å². The zero-order valence-corrected chi connectivity index (χ0v) is 16.5. The first kappa shape index (κ1) is 19.3. The van der Waals surface area contributed by atoms with Crippen molar-refractivity contribution >= 4 is 11.9 Å². The Morgan fingerprint density at radius 2 is 2.07 bits per heavy atom. The minimum Gasteiger partial charge on any atom is -0.375 e. The zero-order valence-electron chi connectivity index (χ0n) is 16.5. The average molecular weight is 368 g/mol. The van der Waals surface area contributed by atoms with Gasteiger partial charge in [-0.1, -0.05) is 44.2 Å². The fraction of sp³-hybridized carbons (Fsp3) is 0.476. The van der Waals surface area contributed by atoms with Gasteiger partial charge in [-0.2, -0.15) is 0 Å². The molecule has 1 heterocycles. The molecule has 0 bridgehead atoms. The van der Waals surface area contributed by atoms with Crippen LogP contribution in [0.3, 0.4) is 0 Å². The van der Waals surface area contributed by atoms with E-state index in [9.17, 15) is 4.79 Å². The SMILES string of the molecule is COCC(=O)N[C@H]1CC(C)(C)Cc2nc(N(C)Cc3ccccc3)ncc21. The van der Waals surface area contributed by atoms with Crippen molar-refractivity contribution in [3.63, 3.8) is 0 Å². The quantitative estimate of drug-likeness (QED) is 0.849. The van der Waals surface area contributed by atoms with E-state index >= 15 is 0 Å². The maximum Gasteiger partial charge on any atom is 0.246 e. The van der Waals surface area contributed by atoms with Crippen LogP contribution in [-0.2, 0) is 22.5 Å². The maximum absolute atomic E-state index is 12.0. The molecule has 0 saturated carbocycles. The minimum absolute atomic E-state index is 0.0572. The standard InChI is InChI=1S/C21H28N4O2/c1-21(2)10-17(23-19(26)14-27-4)16-12-22-20(24-18(16)11-21)25(3)13-15-8-6-5-7-9-15/h5-9,12,17H,10-11,13-14H2,1-4H3,(H,23,26)/t17-/m0/s1. The van der Waals surface area contributed by atoms with E-state index < -0.39 is 0 Å². The summed E-state index contributed by atoms with van der Waals surface area (Å²) in [5, 5.41) is 3.06. The van der Waals surface area contributed by atoms with Crippen LogP contribution in [0.25, 0.3) is 0 Å². The van der Waals surface area contributed by atoms with E-state index in [0.29, 0.717) is 5.95 Å². The van der Waals surface area contributed by atoms with Gasteiger partial charge in [0.25, 0.3) is 0 Å². The zero-order chi connectivity index (χ0) is 19.4. The van der Waals surface area contributed by atoms with Gasteiger partial charge in [0.2, 0.25) is 11.9 Å². The molecule has 3 rings (SSSR count). The molecule has 1 aromatic carbocycles. The van der Waals surface area contributed by atoms with Crippen LogP contribution in [0.4, 0.5) is 5.95 Å². The second-order valence-electron chi connectivity index (χ2n) is 8.01. The number of amides is 1. The maximum atomic E-state index is 12.0. The molecule has 1 N–H and O–H groups in total. The molecule has 1 amide bonds. The molecular weight excluding hydrogens is 340 g/mol. The molecule has 2 aromatic rings. The molecule has 0 spiro atoms. The number of fused-ring (bicyclic) bond motifs is 1. The number of nitrogens with zero attached hydrogens (tertiary/aromatic N) is 3. The molecule has 6 heteroatoms. The van der Waals surface area contributed by atoms with Gasteiger partial charge in [-0.25, -0.2) is 9.97 Å². The van der Waals surface area contributed by atoms with Crippen LogP contribution < -0.4 is 10.2 Å². The number of ether oxygens (including phenoxy) is 1. The Labute approximate surface area is 161 Å². The van der Waals surface area contributed by atoms with E-state index in [1.807, 2.05) is 31.4 Å². The first-order valence-corrected chi connectivity index (χ1v) is 9.27. The van der Waals surface area contributed by atoms with E-state index in [0.717, 1.165) is 30.6 Å². The molecule has 1 aliphatic carbocycles. The summed E-state index contributed by atoms with van der Waals surface area (Å²) in [7, 11) is 3.52. The van der Waals surface area contributed by atoms with Gasteiger partial charge in [-0.15, -0.1) is 0 Å². The van der Waals surface area contributed by atoms with Crippen molar-refractivity contribution in [2.24, 2.45) is 5.41 Å². The van der Waals surface area contributed by atoms with Gasteiger partial charge in [0.15, 0.2) is 0 Å². The molecule has 1 atom stereocenters. The lowest BCUT2D eigenvalue weighted by molar-refractivity contribution is -0.125. The molecule has 144 valence electrons. The van der Waals surface area contributed by atoms with E-state index in [2.05, 4.69) is 41.2 Å². The number of aromatic nitrogens is 2. The lowest BCUT2D eigenvalue weighted by Crippen LogP contribution is -2.38. The number of methoxy groups -OCH3 is 1. The Bertz CT molecular complexity index is 792. The van der Waals surface area contributed by atoms with Crippen molar-refractivity contribution in [3.8, 4) is 0 Å². The summed E-state index contributed by atoms with van der Waals surface area (Å²) in [6, 6.07) is 10.2. The van der Waals surface area contributed by atoms with Crippen molar-refractivity contribution in [3.05, 3.63) is 53.3 Å². The number of nitrogens with one attached hydrogen (secondary N) is 1. The second kappa shape index (κ2) is 8.05. The van der Waals surface area contributed by atoms with Crippen LogP contribution in [0.15, 0.2) is 36.5 Å². The highest BCUT2D eigenvalue weighted by molar-refractivity contribution is 5.77. The number of benzene rings is 1. The summed E-state index contributed by atoms with van der Waals surface area (Å²) in [6.45, 7) is 5.23. The van der Waals surface area contributed by atoms with Crippen molar-refractivity contribution in [2.75, 3.05) is 25.7 Å². The molecular formula is C21H28N4O2. The Hall–Kier alpha value is -2.47. The van der Waals surface area contributed by atoms with E-state index in [1.165, 1.54) is 12.7 Å². The van der Waals surface area contributed by atoms with Crippen LogP contribution in [0.1, 0.15) is 43.1 Å². The molecule has 6 nitrogen and oxygen atoms in total. The molecule has 1 aromatic heterocycles. The number of rotatable bonds is 6. The highest BCUT2D eigenvalue weighted by Gasteiger charge is 2.34. The van der Waals surface area contributed by atoms with E-state index in [-0.39, 0.29) is 24.0 Å². The Balaban J connectivity index is 1.82. The predicted molar refractivity (Wildman–Crippen MR) is 105 cm³/mol. The van der Waals surface area contributed by atoms with Gasteiger partial charge in [0.05, 0.1) is 11.7 Å². The topological polar surface area (TPSA) is 67.3 Å². The van der Waals surface area contributed by atoms with Crippen molar-refractivity contribution in [1.29, 1.82) is 0 Å². The minimum atomic E-state index is -0.114. The Morgan fingerprint density at radius 1 is 1.33 bits per heavy atom. The highest BCUT2D eigenvalue weighted by atomic mass is 16.5. The van der Waals surface area contributed by atoms with Gasteiger partial charge >= 0.3 is 0 Å². The third-order valence-corrected chi connectivity index (χ3v) is 4.88. The van der Waals surface area contributed by atoms with Crippen molar-refractivity contribution in [2.45, 2.75) is 39.3 Å². The van der Waals surface area contributed by atoms with E-state index in [4.69, 9.17) is 9.72 Å². The predicted octanol–water partition coefficient (Wildman–Crippen LogP) is 2.89. The first-order chi connectivity index (χ1) is 12.9. The van der Waals surface area contributed by atoms with Gasteiger partial charge in [-0.05, 0) is 23.8 Å². The third kappa shape index (κ3) is 4.83. The number of anilines is 1. The molecule has 0 radical (unpaired) electrons. The third-order valence-electron chi connectivity index (χ3n) is 4.88. The molecule has 0 unspecified atom stereocenters. The summed E-state index contributed by atoms with van der Waals surface area (Å²) in [5.41, 5.74) is 3.29. The van der Waals surface area contributed by atoms with Gasteiger partial charge in [0, 0.05) is 32.5 Å². The van der Waals surface area contributed by atoms with Crippen LogP contribution in [0.2, 0.25) is 0 Å².